The van der Waals surface area contributed by atoms with Crippen molar-refractivity contribution in [2.45, 2.75) is 57.3 Å². The molecule has 174 valence electrons. The van der Waals surface area contributed by atoms with Crippen LogP contribution in [0.5, 0.6) is 0 Å². The average Bonchev–Trinajstić information content (AvgIpc) is 3.29. The summed E-state index contributed by atoms with van der Waals surface area (Å²) in [7, 11) is 0. The molecule has 2 aliphatic heterocycles. The van der Waals surface area contributed by atoms with Crippen molar-refractivity contribution >= 4 is 11.4 Å². The number of fused-ring (bicyclic) bond motifs is 1. The lowest BCUT2D eigenvalue weighted by atomic mass is 9.90. The van der Waals surface area contributed by atoms with Crippen LogP contribution in [0.15, 0.2) is 48.5 Å². The largest absolute Gasteiger partial charge is 0.381 e. The second kappa shape index (κ2) is 9.13. The number of ether oxygens (including phenoxy) is 2. The first-order valence-corrected chi connectivity index (χ1v) is 12.0. The number of carbonyl (C=O) groups is 1. The van der Waals surface area contributed by atoms with E-state index in [9.17, 15) is 9.18 Å². The van der Waals surface area contributed by atoms with E-state index in [1.165, 1.54) is 17.7 Å². The molecule has 2 heterocycles. The lowest BCUT2D eigenvalue weighted by Gasteiger charge is -2.26. The molecule has 4 nitrogen and oxygen atoms in total. The zero-order valence-corrected chi connectivity index (χ0v) is 19.4. The number of benzene rings is 2. The molecule has 2 aromatic carbocycles. The molecule has 5 rings (SSSR count). The number of ketones is 1. The Balaban J connectivity index is 1.29. The Labute approximate surface area is 195 Å². The van der Waals surface area contributed by atoms with Gasteiger partial charge in [0.25, 0.3) is 0 Å². The third-order valence-corrected chi connectivity index (χ3v) is 7.26. The standard InChI is InChI=1S/C28H32FNO3/c1-28(2)24(15-26(33-28)27-23-14-22(29)8-7-21(23)13-25(27)31)20-5-3-18(4-6-20)16-30-17-19-9-11-32-12-10-19/h3-8,14-15,19,26-27,30H,9-13,16-17H2,1-2H3. The lowest BCUT2D eigenvalue weighted by molar-refractivity contribution is -0.122. The van der Waals surface area contributed by atoms with E-state index in [4.69, 9.17) is 9.47 Å². The molecule has 2 unspecified atom stereocenters. The third-order valence-electron chi connectivity index (χ3n) is 7.26. The van der Waals surface area contributed by atoms with E-state index in [0.717, 1.165) is 61.4 Å². The van der Waals surface area contributed by atoms with E-state index in [2.05, 4.69) is 35.7 Å². The molecule has 3 aliphatic rings. The second-order valence-electron chi connectivity index (χ2n) is 10.0. The van der Waals surface area contributed by atoms with Crippen molar-refractivity contribution in [2.24, 2.45) is 5.92 Å². The molecule has 1 aliphatic carbocycles. The van der Waals surface area contributed by atoms with Crippen LogP contribution in [0.3, 0.4) is 0 Å². The van der Waals surface area contributed by atoms with Crippen LogP contribution in [0.1, 0.15) is 54.9 Å². The number of carbonyl (C=O) groups excluding carboxylic acids is 1. The summed E-state index contributed by atoms with van der Waals surface area (Å²) in [6.45, 7) is 7.70. The van der Waals surface area contributed by atoms with E-state index in [-0.39, 0.29) is 17.7 Å². The van der Waals surface area contributed by atoms with Crippen LogP contribution in [-0.2, 0) is 27.2 Å². The molecule has 2 atom stereocenters. The van der Waals surface area contributed by atoms with E-state index < -0.39 is 11.5 Å². The molecule has 1 saturated heterocycles. The van der Waals surface area contributed by atoms with Gasteiger partial charge in [-0.2, -0.15) is 0 Å². The molecule has 0 bridgehead atoms. The minimum atomic E-state index is -0.524. The van der Waals surface area contributed by atoms with Gasteiger partial charge >= 0.3 is 0 Å². The number of Topliss-reactive ketones (excluding diaryl/α,β-unsaturated/α-hetero) is 1. The van der Waals surface area contributed by atoms with E-state index >= 15 is 0 Å². The summed E-state index contributed by atoms with van der Waals surface area (Å²) in [5.41, 5.74) is 4.57. The SMILES string of the molecule is CC1(C)OC(C2C(=O)Cc3ccc(F)cc32)C=C1c1ccc(CNCC2CCOCC2)cc1. The highest BCUT2D eigenvalue weighted by atomic mass is 19.1. The van der Waals surface area contributed by atoms with Gasteiger partial charge in [0.2, 0.25) is 0 Å². The van der Waals surface area contributed by atoms with Crippen LogP contribution in [0.25, 0.3) is 5.57 Å². The summed E-state index contributed by atoms with van der Waals surface area (Å²) in [6, 6.07) is 13.2. The van der Waals surface area contributed by atoms with Gasteiger partial charge in [-0.05, 0) is 85.2 Å². The Morgan fingerprint density at radius 2 is 1.85 bits per heavy atom. The summed E-state index contributed by atoms with van der Waals surface area (Å²) in [6.07, 6.45) is 4.31. The molecule has 0 aromatic heterocycles. The zero-order chi connectivity index (χ0) is 23.0. The van der Waals surface area contributed by atoms with Gasteiger partial charge in [-0.15, -0.1) is 0 Å². The van der Waals surface area contributed by atoms with Crippen LogP contribution < -0.4 is 5.32 Å². The Kier molecular flexibility index (Phi) is 6.21. The maximum absolute atomic E-state index is 13.9. The summed E-state index contributed by atoms with van der Waals surface area (Å²) in [4.78, 5) is 12.8. The molecule has 0 spiro atoms. The molecule has 2 aromatic rings. The van der Waals surface area contributed by atoms with Crippen LogP contribution >= 0.6 is 0 Å². The Morgan fingerprint density at radius 1 is 1.09 bits per heavy atom. The maximum atomic E-state index is 13.9. The number of hydrogen-bond acceptors (Lipinski definition) is 4. The fourth-order valence-electron chi connectivity index (χ4n) is 5.43. The van der Waals surface area contributed by atoms with Crippen LogP contribution in [0.2, 0.25) is 0 Å². The first-order chi connectivity index (χ1) is 15.9. The summed E-state index contributed by atoms with van der Waals surface area (Å²) < 4.78 is 25.7. The molecule has 5 heteroatoms. The van der Waals surface area contributed by atoms with Crippen molar-refractivity contribution in [3.8, 4) is 0 Å². The monoisotopic (exact) mass is 449 g/mol. The highest BCUT2D eigenvalue weighted by Gasteiger charge is 2.44. The Morgan fingerprint density at radius 3 is 2.61 bits per heavy atom. The highest BCUT2D eigenvalue weighted by molar-refractivity contribution is 5.94. The van der Waals surface area contributed by atoms with E-state index in [1.807, 2.05) is 13.8 Å². The van der Waals surface area contributed by atoms with Crippen LogP contribution in [0, 0.1) is 11.7 Å². The van der Waals surface area contributed by atoms with E-state index in [0.29, 0.717) is 12.3 Å². The zero-order valence-electron chi connectivity index (χ0n) is 19.4. The smallest absolute Gasteiger partial charge is 0.147 e. The van der Waals surface area contributed by atoms with Gasteiger partial charge < -0.3 is 14.8 Å². The van der Waals surface area contributed by atoms with Crippen molar-refractivity contribution in [1.82, 2.24) is 5.32 Å². The second-order valence-corrected chi connectivity index (χ2v) is 10.0. The number of halogens is 1. The molecular formula is C28H32FNO3. The van der Waals surface area contributed by atoms with Crippen molar-refractivity contribution < 1.29 is 18.7 Å². The molecule has 0 radical (unpaired) electrons. The first-order valence-electron chi connectivity index (χ1n) is 12.0. The van der Waals surface area contributed by atoms with Gasteiger partial charge in [0.05, 0.1) is 17.6 Å². The van der Waals surface area contributed by atoms with Crippen LogP contribution in [0.4, 0.5) is 4.39 Å². The third kappa shape index (κ3) is 4.68. The fourth-order valence-corrected chi connectivity index (χ4v) is 5.43. The summed E-state index contributed by atoms with van der Waals surface area (Å²) >= 11 is 0. The van der Waals surface area contributed by atoms with Gasteiger partial charge in [-0.25, -0.2) is 4.39 Å². The van der Waals surface area contributed by atoms with Crippen molar-refractivity contribution in [3.05, 3.63) is 76.6 Å². The highest BCUT2D eigenvalue weighted by Crippen LogP contribution is 2.44. The lowest BCUT2D eigenvalue weighted by Crippen LogP contribution is -2.29. The van der Waals surface area contributed by atoms with Gasteiger partial charge in [0.1, 0.15) is 11.6 Å². The van der Waals surface area contributed by atoms with E-state index in [1.54, 1.807) is 6.07 Å². The molecule has 0 saturated carbocycles. The topological polar surface area (TPSA) is 47.6 Å². The predicted molar refractivity (Wildman–Crippen MR) is 126 cm³/mol. The minimum Gasteiger partial charge on any atom is -0.381 e. The first kappa shape index (κ1) is 22.5. The number of rotatable bonds is 6. The van der Waals surface area contributed by atoms with Gasteiger partial charge in [0, 0.05) is 26.2 Å². The minimum absolute atomic E-state index is 0.0971. The average molecular weight is 450 g/mol. The maximum Gasteiger partial charge on any atom is 0.147 e. The molecular weight excluding hydrogens is 417 g/mol. The molecule has 0 amide bonds. The van der Waals surface area contributed by atoms with Gasteiger partial charge in [0.15, 0.2) is 0 Å². The Bertz CT molecular complexity index is 1050. The van der Waals surface area contributed by atoms with Crippen molar-refractivity contribution in [2.75, 3.05) is 19.8 Å². The number of hydrogen-bond donors (Lipinski definition) is 1. The molecule has 33 heavy (non-hydrogen) atoms. The van der Waals surface area contributed by atoms with Crippen molar-refractivity contribution in [1.29, 1.82) is 0 Å². The quantitative estimate of drug-likeness (QED) is 0.688. The Hall–Kier alpha value is -2.34. The normalized spacial score (nSPS) is 24.7. The molecule has 1 N–H and O–H groups in total. The summed E-state index contributed by atoms with van der Waals surface area (Å²) in [5.74, 6) is 0.0466. The number of nitrogens with one attached hydrogen (secondary N) is 1. The predicted octanol–water partition coefficient (Wildman–Crippen LogP) is 4.81. The van der Waals surface area contributed by atoms with Gasteiger partial charge in [-0.3, -0.25) is 4.79 Å². The van der Waals surface area contributed by atoms with Crippen LogP contribution in [-0.4, -0.2) is 37.2 Å². The molecule has 1 fully saturated rings. The fraction of sp³-hybridized carbons (Fsp3) is 0.464. The van der Waals surface area contributed by atoms with Crippen molar-refractivity contribution in [3.63, 3.8) is 0 Å². The van der Waals surface area contributed by atoms with Gasteiger partial charge in [-0.1, -0.05) is 30.3 Å². The summed E-state index contributed by atoms with van der Waals surface area (Å²) in [5, 5.41) is 3.58.